The Hall–Kier alpha value is -1.00. The summed E-state index contributed by atoms with van der Waals surface area (Å²) in [7, 11) is 0. The minimum absolute atomic E-state index is 0.0380. The molecule has 0 unspecified atom stereocenters. The average Bonchev–Trinajstić information content (AvgIpc) is 2.38. The highest BCUT2D eigenvalue weighted by Gasteiger charge is 2.19. The molecular formula is C15H24F2N2. The summed E-state index contributed by atoms with van der Waals surface area (Å²) in [5.74, 6) is 0. The lowest BCUT2D eigenvalue weighted by Crippen LogP contribution is -2.38. The van der Waals surface area contributed by atoms with Crippen LogP contribution in [0, 0.1) is 5.41 Å². The van der Waals surface area contributed by atoms with Gasteiger partial charge in [0, 0.05) is 18.7 Å². The first kappa shape index (κ1) is 16.1. The number of hydrogen-bond donors (Lipinski definition) is 1. The topological polar surface area (TPSA) is 29.3 Å². The molecule has 0 aromatic heterocycles. The molecule has 1 aromatic carbocycles. The molecular weight excluding hydrogens is 246 g/mol. The molecule has 0 saturated carbocycles. The molecule has 0 aliphatic rings. The second-order valence-electron chi connectivity index (χ2n) is 5.72. The Labute approximate surface area is 114 Å². The van der Waals surface area contributed by atoms with Crippen molar-refractivity contribution < 1.29 is 8.78 Å². The van der Waals surface area contributed by atoms with Crippen molar-refractivity contribution in [3.8, 4) is 0 Å². The van der Waals surface area contributed by atoms with Gasteiger partial charge in [0.05, 0.1) is 0 Å². The zero-order valence-corrected chi connectivity index (χ0v) is 12.0. The van der Waals surface area contributed by atoms with Crippen LogP contribution in [-0.4, -0.2) is 24.5 Å². The van der Waals surface area contributed by atoms with Crippen molar-refractivity contribution in [2.75, 3.05) is 19.6 Å². The average molecular weight is 270 g/mol. The van der Waals surface area contributed by atoms with Crippen molar-refractivity contribution in [3.63, 3.8) is 0 Å². The first-order valence-corrected chi connectivity index (χ1v) is 6.67. The van der Waals surface area contributed by atoms with Gasteiger partial charge < -0.3 is 5.73 Å². The Kier molecular flexibility index (Phi) is 5.88. The summed E-state index contributed by atoms with van der Waals surface area (Å²) in [4.78, 5) is 2.23. The molecule has 0 atom stereocenters. The molecule has 0 aliphatic heterocycles. The van der Waals surface area contributed by atoms with E-state index in [9.17, 15) is 8.78 Å². The molecule has 0 amide bonds. The van der Waals surface area contributed by atoms with Gasteiger partial charge in [0.1, 0.15) is 0 Å². The summed E-state index contributed by atoms with van der Waals surface area (Å²) in [6.45, 7) is 9.34. The number of rotatable bonds is 7. The minimum atomic E-state index is -2.41. The van der Waals surface area contributed by atoms with Gasteiger partial charge in [-0.1, -0.05) is 39.0 Å². The second-order valence-corrected chi connectivity index (χ2v) is 5.72. The van der Waals surface area contributed by atoms with Gasteiger partial charge in [0.15, 0.2) is 0 Å². The maximum absolute atomic E-state index is 12.7. The molecule has 0 saturated heterocycles. The van der Waals surface area contributed by atoms with Gasteiger partial charge in [-0.05, 0) is 30.1 Å². The lowest BCUT2D eigenvalue weighted by Gasteiger charge is -2.31. The molecule has 2 N–H and O–H groups in total. The van der Waals surface area contributed by atoms with Crippen LogP contribution < -0.4 is 5.73 Å². The Morgan fingerprint density at radius 1 is 1.32 bits per heavy atom. The fraction of sp³-hybridized carbons (Fsp3) is 0.600. The van der Waals surface area contributed by atoms with E-state index >= 15 is 0 Å². The predicted molar refractivity (Wildman–Crippen MR) is 75.2 cm³/mol. The molecule has 0 spiro atoms. The van der Waals surface area contributed by atoms with Gasteiger partial charge in [-0.3, -0.25) is 4.90 Å². The third-order valence-electron chi connectivity index (χ3n) is 3.26. The van der Waals surface area contributed by atoms with Crippen LogP contribution in [0.3, 0.4) is 0 Å². The molecule has 108 valence electrons. The first-order chi connectivity index (χ1) is 8.88. The summed E-state index contributed by atoms with van der Waals surface area (Å²) in [6, 6.07) is 6.64. The lowest BCUT2D eigenvalue weighted by atomic mass is 9.93. The van der Waals surface area contributed by atoms with Crippen molar-refractivity contribution in [1.29, 1.82) is 0 Å². The van der Waals surface area contributed by atoms with E-state index in [4.69, 9.17) is 5.73 Å². The Bertz CT molecular complexity index is 391. The molecule has 0 aliphatic carbocycles. The van der Waals surface area contributed by atoms with E-state index in [1.165, 1.54) is 6.07 Å². The van der Waals surface area contributed by atoms with Crippen LogP contribution >= 0.6 is 0 Å². The standard InChI is InChI=1S/C15H24F2N2/c1-4-19(11-15(2,3)10-18)9-12-6-5-7-13(8-12)14(16)17/h5-8,14H,4,9-11,18H2,1-3H3. The highest BCUT2D eigenvalue weighted by Crippen LogP contribution is 2.21. The SMILES string of the molecule is CCN(Cc1cccc(C(F)F)c1)CC(C)(C)CN. The van der Waals surface area contributed by atoms with Crippen LogP contribution in [0.15, 0.2) is 24.3 Å². The van der Waals surface area contributed by atoms with E-state index in [-0.39, 0.29) is 11.0 Å². The minimum Gasteiger partial charge on any atom is -0.330 e. The van der Waals surface area contributed by atoms with E-state index in [0.717, 1.165) is 18.7 Å². The molecule has 0 radical (unpaired) electrons. The molecule has 19 heavy (non-hydrogen) atoms. The number of nitrogens with two attached hydrogens (primary N) is 1. The smallest absolute Gasteiger partial charge is 0.263 e. The summed E-state index contributed by atoms with van der Waals surface area (Å²) in [5.41, 5.74) is 6.79. The summed E-state index contributed by atoms with van der Waals surface area (Å²) < 4.78 is 25.3. The van der Waals surface area contributed by atoms with Gasteiger partial charge in [-0.2, -0.15) is 0 Å². The van der Waals surface area contributed by atoms with Crippen molar-refractivity contribution in [2.45, 2.75) is 33.7 Å². The molecule has 4 heteroatoms. The summed E-state index contributed by atoms with van der Waals surface area (Å²) in [5, 5.41) is 0. The van der Waals surface area contributed by atoms with Crippen molar-refractivity contribution in [1.82, 2.24) is 4.90 Å². The van der Waals surface area contributed by atoms with Gasteiger partial charge >= 0.3 is 0 Å². The number of alkyl halides is 2. The number of benzene rings is 1. The molecule has 1 aromatic rings. The Balaban J connectivity index is 2.73. The third-order valence-corrected chi connectivity index (χ3v) is 3.26. The predicted octanol–water partition coefficient (Wildman–Crippen LogP) is 3.43. The summed E-state index contributed by atoms with van der Waals surface area (Å²) >= 11 is 0. The van der Waals surface area contributed by atoms with Crippen LogP contribution in [0.25, 0.3) is 0 Å². The first-order valence-electron chi connectivity index (χ1n) is 6.67. The molecule has 0 heterocycles. The zero-order chi connectivity index (χ0) is 14.5. The van der Waals surface area contributed by atoms with Crippen LogP contribution in [0.2, 0.25) is 0 Å². The van der Waals surface area contributed by atoms with Crippen molar-refractivity contribution in [3.05, 3.63) is 35.4 Å². The second kappa shape index (κ2) is 6.96. The fourth-order valence-electron chi connectivity index (χ4n) is 2.03. The Morgan fingerprint density at radius 3 is 2.53 bits per heavy atom. The van der Waals surface area contributed by atoms with E-state index in [1.54, 1.807) is 12.1 Å². The van der Waals surface area contributed by atoms with Crippen LogP contribution in [-0.2, 0) is 6.54 Å². The monoisotopic (exact) mass is 270 g/mol. The van der Waals surface area contributed by atoms with Crippen LogP contribution in [0.1, 0.15) is 38.3 Å². The third kappa shape index (κ3) is 5.25. The van der Waals surface area contributed by atoms with E-state index < -0.39 is 6.43 Å². The fourth-order valence-corrected chi connectivity index (χ4v) is 2.03. The van der Waals surface area contributed by atoms with E-state index in [0.29, 0.717) is 13.1 Å². The van der Waals surface area contributed by atoms with Gasteiger partial charge in [0.2, 0.25) is 0 Å². The van der Waals surface area contributed by atoms with E-state index in [2.05, 4.69) is 25.7 Å². The lowest BCUT2D eigenvalue weighted by molar-refractivity contribution is 0.150. The summed E-state index contributed by atoms with van der Waals surface area (Å²) in [6.07, 6.45) is -2.41. The highest BCUT2D eigenvalue weighted by molar-refractivity contribution is 5.24. The zero-order valence-electron chi connectivity index (χ0n) is 12.0. The van der Waals surface area contributed by atoms with Crippen LogP contribution in [0.5, 0.6) is 0 Å². The van der Waals surface area contributed by atoms with Crippen LogP contribution in [0.4, 0.5) is 8.78 Å². The maximum Gasteiger partial charge on any atom is 0.263 e. The molecule has 2 nitrogen and oxygen atoms in total. The number of nitrogens with zero attached hydrogens (tertiary/aromatic N) is 1. The highest BCUT2D eigenvalue weighted by atomic mass is 19.3. The van der Waals surface area contributed by atoms with Crippen molar-refractivity contribution in [2.24, 2.45) is 11.1 Å². The van der Waals surface area contributed by atoms with Crippen molar-refractivity contribution >= 4 is 0 Å². The van der Waals surface area contributed by atoms with Gasteiger partial charge in [-0.15, -0.1) is 0 Å². The van der Waals surface area contributed by atoms with E-state index in [1.807, 2.05) is 6.07 Å². The number of halogens is 2. The molecule has 1 rings (SSSR count). The normalized spacial score (nSPS) is 12.4. The molecule has 0 bridgehead atoms. The van der Waals surface area contributed by atoms with Gasteiger partial charge in [0.25, 0.3) is 6.43 Å². The molecule has 0 fully saturated rings. The maximum atomic E-state index is 12.7. The number of hydrogen-bond acceptors (Lipinski definition) is 2. The largest absolute Gasteiger partial charge is 0.330 e. The van der Waals surface area contributed by atoms with Gasteiger partial charge in [-0.25, -0.2) is 8.78 Å². The Morgan fingerprint density at radius 2 is 2.00 bits per heavy atom. The quantitative estimate of drug-likeness (QED) is 0.822.